The first-order valence-corrected chi connectivity index (χ1v) is 6.59. The first-order valence-electron chi connectivity index (χ1n) is 6.59. The molecule has 0 saturated heterocycles. The Hall–Kier alpha value is -2.03. The van der Waals surface area contributed by atoms with Gasteiger partial charge in [-0.25, -0.2) is 4.98 Å². The normalized spacial score (nSPS) is 10.5. The molecule has 2 rings (SSSR count). The zero-order chi connectivity index (χ0) is 13.8. The average molecular weight is 255 g/mol. The minimum Gasteiger partial charge on any atom is -0.397 e. The molecule has 0 amide bonds. The van der Waals surface area contributed by atoms with Crippen molar-refractivity contribution in [3.63, 3.8) is 0 Å². The van der Waals surface area contributed by atoms with E-state index in [-0.39, 0.29) is 0 Å². The van der Waals surface area contributed by atoms with Gasteiger partial charge in [0.2, 0.25) is 0 Å². The number of nitrogens with one attached hydrogen (secondary N) is 1. The van der Waals surface area contributed by atoms with Gasteiger partial charge in [0.25, 0.3) is 0 Å². The first kappa shape index (κ1) is 13.4. The van der Waals surface area contributed by atoms with Crippen molar-refractivity contribution in [1.82, 2.24) is 4.98 Å². The van der Waals surface area contributed by atoms with Crippen LogP contribution in [0.3, 0.4) is 0 Å². The van der Waals surface area contributed by atoms with Gasteiger partial charge in [-0.3, -0.25) is 0 Å². The predicted molar refractivity (Wildman–Crippen MR) is 81.5 cm³/mol. The molecule has 2 aromatic rings. The number of aromatic nitrogens is 1. The minimum absolute atomic E-state index is 0.736. The topological polar surface area (TPSA) is 50.9 Å². The van der Waals surface area contributed by atoms with E-state index in [9.17, 15) is 0 Å². The maximum Gasteiger partial charge on any atom is 0.126 e. The van der Waals surface area contributed by atoms with Gasteiger partial charge in [0.15, 0.2) is 0 Å². The van der Waals surface area contributed by atoms with Gasteiger partial charge in [0.05, 0.1) is 11.4 Å². The van der Waals surface area contributed by atoms with Crippen LogP contribution >= 0.6 is 0 Å². The SMILES string of the molecule is Cc1ccc(CCNc2ccc(N)c(C)n2)cc1C. The summed E-state index contributed by atoms with van der Waals surface area (Å²) in [5, 5.41) is 3.33. The zero-order valence-corrected chi connectivity index (χ0v) is 11.8. The Labute approximate surface area is 114 Å². The van der Waals surface area contributed by atoms with E-state index in [0.717, 1.165) is 30.2 Å². The number of hydrogen-bond donors (Lipinski definition) is 2. The van der Waals surface area contributed by atoms with Crippen molar-refractivity contribution in [2.45, 2.75) is 27.2 Å². The lowest BCUT2D eigenvalue weighted by molar-refractivity contribution is 0.997. The van der Waals surface area contributed by atoms with E-state index < -0.39 is 0 Å². The molecule has 0 aliphatic rings. The summed E-state index contributed by atoms with van der Waals surface area (Å²) in [4.78, 5) is 4.40. The molecule has 3 heteroatoms. The van der Waals surface area contributed by atoms with Gasteiger partial charge in [0.1, 0.15) is 5.82 Å². The molecule has 1 aromatic carbocycles. The van der Waals surface area contributed by atoms with Gasteiger partial charge >= 0.3 is 0 Å². The third-order valence-corrected chi connectivity index (χ3v) is 3.42. The van der Waals surface area contributed by atoms with Crippen molar-refractivity contribution < 1.29 is 0 Å². The van der Waals surface area contributed by atoms with Crippen LogP contribution in [0, 0.1) is 20.8 Å². The Bertz CT molecular complexity index is 525. The lowest BCUT2D eigenvalue weighted by Gasteiger charge is -2.09. The highest BCUT2D eigenvalue weighted by molar-refractivity contribution is 5.49. The first-order chi connectivity index (χ1) is 9.06. The molecule has 3 N–H and O–H groups in total. The number of nitrogen functional groups attached to an aromatic ring is 1. The standard InChI is InChI=1S/C16H21N3/c1-11-4-5-14(10-12(11)2)8-9-18-16-7-6-15(17)13(3)19-16/h4-7,10H,8-9,17H2,1-3H3,(H,18,19). The number of nitrogens with zero attached hydrogens (tertiary/aromatic N) is 1. The summed E-state index contributed by atoms with van der Waals surface area (Å²) >= 11 is 0. The van der Waals surface area contributed by atoms with Crippen LogP contribution in [0.1, 0.15) is 22.4 Å². The highest BCUT2D eigenvalue weighted by Crippen LogP contribution is 2.13. The summed E-state index contributed by atoms with van der Waals surface area (Å²) < 4.78 is 0. The molecule has 100 valence electrons. The second kappa shape index (κ2) is 5.74. The molecule has 0 saturated carbocycles. The van der Waals surface area contributed by atoms with Crippen LogP contribution in [-0.2, 0) is 6.42 Å². The number of pyridine rings is 1. The molecule has 1 aromatic heterocycles. The Morgan fingerprint density at radius 3 is 2.53 bits per heavy atom. The highest BCUT2D eigenvalue weighted by atomic mass is 15.0. The number of benzene rings is 1. The van der Waals surface area contributed by atoms with Crippen LogP contribution in [0.2, 0.25) is 0 Å². The van der Waals surface area contributed by atoms with E-state index in [1.165, 1.54) is 16.7 Å². The Morgan fingerprint density at radius 2 is 1.84 bits per heavy atom. The number of hydrogen-bond acceptors (Lipinski definition) is 3. The number of nitrogens with two attached hydrogens (primary N) is 1. The lowest BCUT2D eigenvalue weighted by atomic mass is 10.0. The molecular weight excluding hydrogens is 234 g/mol. The molecule has 0 aliphatic carbocycles. The van der Waals surface area contributed by atoms with Crippen molar-refractivity contribution >= 4 is 11.5 Å². The van der Waals surface area contributed by atoms with Gasteiger partial charge in [-0.1, -0.05) is 18.2 Å². The van der Waals surface area contributed by atoms with Crippen LogP contribution in [0.4, 0.5) is 11.5 Å². The van der Waals surface area contributed by atoms with E-state index in [4.69, 9.17) is 5.73 Å². The Balaban J connectivity index is 1.92. The average Bonchev–Trinajstić information content (AvgIpc) is 2.38. The highest BCUT2D eigenvalue weighted by Gasteiger charge is 1.99. The summed E-state index contributed by atoms with van der Waals surface area (Å²) in [7, 11) is 0. The van der Waals surface area contributed by atoms with Crippen molar-refractivity contribution in [3.05, 3.63) is 52.7 Å². The van der Waals surface area contributed by atoms with Crippen LogP contribution in [-0.4, -0.2) is 11.5 Å². The third kappa shape index (κ3) is 3.47. The number of anilines is 2. The van der Waals surface area contributed by atoms with E-state index in [1.54, 1.807) is 0 Å². The van der Waals surface area contributed by atoms with Crippen molar-refractivity contribution in [2.24, 2.45) is 0 Å². The van der Waals surface area contributed by atoms with Gasteiger partial charge < -0.3 is 11.1 Å². The molecule has 0 bridgehead atoms. The van der Waals surface area contributed by atoms with E-state index in [1.807, 2.05) is 19.1 Å². The molecule has 0 unspecified atom stereocenters. The molecule has 0 spiro atoms. The minimum atomic E-state index is 0.736. The van der Waals surface area contributed by atoms with Gasteiger partial charge in [-0.05, 0) is 56.0 Å². The fraction of sp³-hybridized carbons (Fsp3) is 0.312. The molecule has 0 aliphatic heterocycles. The fourth-order valence-corrected chi connectivity index (χ4v) is 1.96. The third-order valence-electron chi connectivity index (χ3n) is 3.42. The van der Waals surface area contributed by atoms with Crippen LogP contribution < -0.4 is 11.1 Å². The molecule has 3 nitrogen and oxygen atoms in total. The van der Waals surface area contributed by atoms with Gasteiger partial charge in [0, 0.05) is 6.54 Å². The monoisotopic (exact) mass is 255 g/mol. The van der Waals surface area contributed by atoms with E-state index in [2.05, 4.69) is 42.3 Å². The van der Waals surface area contributed by atoms with Crippen molar-refractivity contribution in [1.29, 1.82) is 0 Å². The summed E-state index contributed by atoms with van der Waals surface area (Å²) in [6.07, 6.45) is 0.992. The van der Waals surface area contributed by atoms with Crippen molar-refractivity contribution in [2.75, 3.05) is 17.6 Å². The quantitative estimate of drug-likeness (QED) is 0.881. The predicted octanol–water partition coefficient (Wildman–Crippen LogP) is 3.24. The summed E-state index contributed by atoms with van der Waals surface area (Å²) in [6.45, 7) is 7.08. The van der Waals surface area contributed by atoms with Crippen molar-refractivity contribution in [3.8, 4) is 0 Å². The summed E-state index contributed by atoms with van der Waals surface area (Å²) in [5.74, 6) is 0.885. The maximum atomic E-state index is 5.75. The van der Waals surface area contributed by atoms with E-state index >= 15 is 0 Å². The van der Waals surface area contributed by atoms with Crippen LogP contribution in [0.15, 0.2) is 30.3 Å². The Morgan fingerprint density at radius 1 is 1.05 bits per heavy atom. The smallest absolute Gasteiger partial charge is 0.126 e. The Kier molecular flexibility index (Phi) is 4.05. The lowest BCUT2D eigenvalue weighted by Crippen LogP contribution is -2.07. The molecule has 1 heterocycles. The van der Waals surface area contributed by atoms with E-state index in [0.29, 0.717) is 0 Å². The van der Waals surface area contributed by atoms with Gasteiger partial charge in [-0.15, -0.1) is 0 Å². The number of aryl methyl sites for hydroxylation is 3. The summed E-state index contributed by atoms with van der Waals surface area (Å²) in [5.41, 5.74) is 11.4. The molecular formula is C16H21N3. The van der Waals surface area contributed by atoms with Crippen LogP contribution in [0.5, 0.6) is 0 Å². The zero-order valence-electron chi connectivity index (χ0n) is 11.8. The second-order valence-electron chi connectivity index (χ2n) is 4.97. The fourth-order valence-electron chi connectivity index (χ4n) is 1.96. The number of rotatable bonds is 4. The molecule has 0 fully saturated rings. The molecule has 0 radical (unpaired) electrons. The maximum absolute atomic E-state index is 5.75. The second-order valence-corrected chi connectivity index (χ2v) is 4.97. The largest absolute Gasteiger partial charge is 0.397 e. The summed E-state index contributed by atoms with van der Waals surface area (Å²) in [6, 6.07) is 10.4. The molecule has 19 heavy (non-hydrogen) atoms. The van der Waals surface area contributed by atoms with Gasteiger partial charge in [-0.2, -0.15) is 0 Å². The molecule has 0 atom stereocenters. The van der Waals surface area contributed by atoms with Crippen LogP contribution in [0.25, 0.3) is 0 Å².